The van der Waals surface area contributed by atoms with Gasteiger partial charge in [0.15, 0.2) is 12.4 Å². The molecule has 0 amide bonds. The summed E-state index contributed by atoms with van der Waals surface area (Å²) >= 11 is 6.03. The molecule has 2 aromatic heterocycles. The van der Waals surface area contributed by atoms with E-state index in [1.54, 1.807) is 16.8 Å². The summed E-state index contributed by atoms with van der Waals surface area (Å²) in [7, 11) is -2.60. The van der Waals surface area contributed by atoms with Crippen molar-refractivity contribution in [2.24, 2.45) is 0 Å². The van der Waals surface area contributed by atoms with Gasteiger partial charge in [0.05, 0.1) is 11.5 Å². The van der Waals surface area contributed by atoms with Crippen LogP contribution in [-0.4, -0.2) is 46.1 Å². The van der Waals surface area contributed by atoms with Gasteiger partial charge in [0.2, 0.25) is 5.28 Å². The van der Waals surface area contributed by atoms with E-state index in [-0.39, 0.29) is 16.1 Å². The van der Waals surface area contributed by atoms with E-state index < -0.39 is 32.7 Å². The number of hydrogen-bond acceptors (Lipinski definition) is 5. The Morgan fingerprint density at radius 3 is 2.17 bits per heavy atom. The highest BCUT2D eigenvalue weighted by Crippen LogP contribution is 2.44. The molecule has 0 spiro atoms. The van der Waals surface area contributed by atoms with Crippen LogP contribution in [0.15, 0.2) is 72.9 Å². The number of fused-ring (bicyclic) bond motifs is 1. The normalized spacial score (nSPS) is 22.8. The van der Waals surface area contributed by atoms with E-state index in [9.17, 15) is 5.11 Å². The van der Waals surface area contributed by atoms with Gasteiger partial charge in [-0.1, -0.05) is 91.8 Å². The van der Waals surface area contributed by atoms with Gasteiger partial charge in [0, 0.05) is 6.20 Å². The van der Waals surface area contributed by atoms with E-state index in [4.69, 9.17) is 22.1 Å². The maximum Gasteiger partial charge on any atom is 0.226 e. The van der Waals surface area contributed by atoms with Crippen molar-refractivity contribution in [1.29, 1.82) is 0 Å². The molecule has 0 aliphatic carbocycles. The first-order valence-electron chi connectivity index (χ1n) is 12.0. The number of halogens is 2. The highest BCUT2D eigenvalue weighted by atomic mass is 35.5. The van der Waals surface area contributed by atoms with Gasteiger partial charge in [0.1, 0.15) is 25.6 Å². The number of aliphatic hydroxyl groups is 1. The maximum absolute atomic E-state index is 15.7. The summed E-state index contributed by atoms with van der Waals surface area (Å²) < 4.78 is 23.6. The van der Waals surface area contributed by atoms with Crippen molar-refractivity contribution in [1.82, 2.24) is 14.5 Å². The number of rotatable bonds is 5. The number of nitrogens with two attached hydrogens (primary N) is 1. The summed E-state index contributed by atoms with van der Waals surface area (Å²) in [6.07, 6.45) is -3.08. The van der Waals surface area contributed by atoms with Crippen LogP contribution < -0.4 is 16.1 Å². The number of aliphatic hydroxyl groups excluding tert-OH is 1. The summed E-state index contributed by atoms with van der Waals surface area (Å²) in [6, 6.07) is 23.0. The molecule has 1 fully saturated rings. The van der Waals surface area contributed by atoms with Gasteiger partial charge in [-0.05, 0) is 28.7 Å². The predicted molar refractivity (Wildman–Crippen MR) is 144 cm³/mol. The van der Waals surface area contributed by atoms with Crippen LogP contribution in [0.5, 0.6) is 0 Å². The van der Waals surface area contributed by atoms with Crippen LogP contribution in [-0.2, 0) is 4.74 Å². The quantitative estimate of drug-likeness (QED) is 0.300. The molecule has 1 aliphatic rings. The number of ether oxygens (including phenoxy) is 1. The molecule has 2 aromatic carbocycles. The predicted octanol–water partition coefficient (Wildman–Crippen LogP) is 4.33. The largest absolute Gasteiger partial charge is 0.387 e. The first-order valence-corrected chi connectivity index (χ1v) is 14.6. The highest BCUT2D eigenvalue weighted by molar-refractivity contribution is 7.04. The molecule has 0 radical (unpaired) electrons. The van der Waals surface area contributed by atoms with Crippen LogP contribution in [0, 0.1) is 0 Å². The zero-order chi connectivity index (χ0) is 25.7. The molecule has 5 rings (SSSR count). The Kier molecular flexibility index (Phi) is 6.40. The van der Waals surface area contributed by atoms with Crippen molar-refractivity contribution in [2.75, 3.05) is 5.73 Å². The van der Waals surface area contributed by atoms with Gasteiger partial charge in [-0.2, -0.15) is 4.98 Å². The van der Waals surface area contributed by atoms with Gasteiger partial charge < -0.3 is 20.1 Å². The second-order valence-electron chi connectivity index (χ2n) is 10.4. The molecular formula is C27H30ClFN4O2Si. The van der Waals surface area contributed by atoms with Crippen molar-refractivity contribution in [3.8, 4) is 0 Å². The Labute approximate surface area is 215 Å². The monoisotopic (exact) mass is 524 g/mol. The topological polar surface area (TPSA) is 86.2 Å². The fourth-order valence-electron chi connectivity index (χ4n) is 5.65. The van der Waals surface area contributed by atoms with Crippen LogP contribution in [0.1, 0.15) is 27.0 Å². The third kappa shape index (κ3) is 4.02. The molecule has 1 aliphatic heterocycles. The fourth-order valence-corrected chi connectivity index (χ4v) is 11.4. The molecule has 3 N–H and O–H groups in total. The fraction of sp³-hybridized carbons (Fsp3) is 0.333. The van der Waals surface area contributed by atoms with Crippen LogP contribution >= 0.6 is 11.6 Å². The molecule has 0 bridgehead atoms. The molecule has 36 heavy (non-hydrogen) atoms. The second-order valence-corrected chi connectivity index (χ2v) is 15.6. The van der Waals surface area contributed by atoms with Crippen molar-refractivity contribution in [3.05, 3.63) is 78.2 Å². The standard InChI is InChI=1S/C27H30ClFN4O2Si/c1-27(2,3)36(17-10-6-4-7-11-17,18-12-8-5-9-13-18)16-20-22(34)21(29)25(35-20)33-15-14-19-23(30)31-26(28)32-24(19)33/h4-15,20-22,25,34H,16H2,1-3H3,(H2,30,31,32)/t20-,21+,22-,25-/m1/s1. The summed E-state index contributed by atoms with van der Waals surface area (Å²) in [6.45, 7) is 6.68. The van der Waals surface area contributed by atoms with Gasteiger partial charge in [0.25, 0.3) is 0 Å². The summed E-state index contributed by atoms with van der Waals surface area (Å²) in [5.74, 6) is 0.210. The number of hydrogen-bond donors (Lipinski definition) is 2. The lowest BCUT2D eigenvalue weighted by molar-refractivity contribution is -0.0140. The van der Waals surface area contributed by atoms with Crippen LogP contribution in [0.4, 0.5) is 10.2 Å². The minimum Gasteiger partial charge on any atom is -0.387 e. The van der Waals surface area contributed by atoms with Gasteiger partial charge >= 0.3 is 0 Å². The van der Waals surface area contributed by atoms with Crippen molar-refractivity contribution in [3.63, 3.8) is 0 Å². The number of nitrogen functional groups attached to an aromatic ring is 1. The Hall–Kier alpha value is -2.78. The molecule has 3 heterocycles. The Morgan fingerprint density at radius 2 is 1.61 bits per heavy atom. The number of benzene rings is 2. The number of aromatic nitrogens is 3. The molecule has 4 aromatic rings. The molecule has 1 saturated heterocycles. The van der Waals surface area contributed by atoms with Crippen molar-refractivity contribution < 1.29 is 14.2 Å². The maximum atomic E-state index is 15.7. The summed E-state index contributed by atoms with van der Waals surface area (Å²) in [4.78, 5) is 8.23. The molecule has 0 unspecified atom stereocenters. The first-order chi connectivity index (χ1) is 17.1. The average Bonchev–Trinajstić information content (AvgIpc) is 3.39. The van der Waals surface area contributed by atoms with E-state index in [0.717, 1.165) is 0 Å². The number of anilines is 1. The Balaban J connectivity index is 1.58. The third-order valence-electron chi connectivity index (χ3n) is 7.46. The third-order valence-corrected chi connectivity index (χ3v) is 13.8. The van der Waals surface area contributed by atoms with E-state index in [1.165, 1.54) is 10.4 Å². The SMILES string of the molecule is CC(C)(C)[Si](C[C@H]1O[C@@H](n2ccc3c(N)nc(Cl)nc32)[C@@H](F)[C@@H]1O)(c1ccccc1)c1ccccc1. The van der Waals surface area contributed by atoms with E-state index in [2.05, 4.69) is 55.0 Å². The van der Waals surface area contributed by atoms with Gasteiger partial charge in [-0.25, -0.2) is 9.37 Å². The lowest BCUT2D eigenvalue weighted by atomic mass is 10.1. The zero-order valence-corrected chi connectivity index (χ0v) is 22.2. The minimum absolute atomic E-state index is 0.0298. The van der Waals surface area contributed by atoms with Gasteiger partial charge in [-0.15, -0.1) is 0 Å². The molecular weight excluding hydrogens is 495 g/mol. The molecule has 9 heteroatoms. The first kappa shape index (κ1) is 24.9. The summed E-state index contributed by atoms with van der Waals surface area (Å²) in [5.41, 5.74) is 6.36. The Bertz CT molecular complexity index is 1320. The number of alkyl halides is 1. The number of nitrogens with zero attached hydrogens (tertiary/aromatic N) is 3. The highest BCUT2D eigenvalue weighted by Gasteiger charge is 2.54. The molecule has 6 nitrogen and oxygen atoms in total. The summed E-state index contributed by atoms with van der Waals surface area (Å²) in [5, 5.41) is 14.0. The minimum atomic E-state index is -2.60. The van der Waals surface area contributed by atoms with Crippen molar-refractivity contribution in [2.45, 2.75) is 56.5 Å². The van der Waals surface area contributed by atoms with E-state index in [1.807, 2.05) is 36.4 Å². The zero-order valence-electron chi connectivity index (χ0n) is 20.5. The Morgan fingerprint density at radius 1 is 1.03 bits per heavy atom. The lowest BCUT2D eigenvalue weighted by Gasteiger charge is -2.45. The van der Waals surface area contributed by atoms with Crippen LogP contribution in [0.25, 0.3) is 11.0 Å². The van der Waals surface area contributed by atoms with Crippen molar-refractivity contribution >= 4 is 46.9 Å². The smallest absolute Gasteiger partial charge is 0.226 e. The lowest BCUT2D eigenvalue weighted by Crippen LogP contribution is -2.66. The van der Waals surface area contributed by atoms with E-state index in [0.29, 0.717) is 17.1 Å². The van der Waals surface area contributed by atoms with Crippen LogP contribution in [0.3, 0.4) is 0 Å². The van der Waals surface area contributed by atoms with Gasteiger partial charge in [-0.3, -0.25) is 0 Å². The van der Waals surface area contributed by atoms with Crippen LogP contribution in [0.2, 0.25) is 16.4 Å². The van der Waals surface area contributed by atoms with E-state index >= 15 is 4.39 Å². The average molecular weight is 525 g/mol. The molecule has 4 atom stereocenters. The molecule has 0 saturated carbocycles. The second kappa shape index (κ2) is 9.26. The molecule has 188 valence electrons.